The Bertz CT molecular complexity index is 736. The van der Waals surface area contributed by atoms with E-state index in [0.29, 0.717) is 23.0 Å². The molecule has 1 heterocycles. The number of hydrogen-bond donors (Lipinski definition) is 0. The minimum absolute atomic E-state index is 0.215. The summed E-state index contributed by atoms with van der Waals surface area (Å²) in [6.45, 7) is 0.215. The number of hydrogen-bond acceptors (Lipinski definition) is 5. The lowest BCUT2D eigenvalue weighted by molar-refractivity contribution is 0.174. The maximum absolute atomic E-state index is 9.58. The van der Waals surface area contributed by atoms with Gasteiger partial charge in [0.05, 0.1) is 26.2 Å². The van der Waals surface area contributed by atoms with Gasteiger partial charge in [0.2, 0.25) is 6.79 Å². The Balaban J connectivity index is 1.99. The standard InChI is InChI=1S/C17H15NO4/c1-19-14-5-3-11(7-16(14)20-2)13(9-18)12-4-6-15-17(8-12)22-10-21-15/h3-8,13H,10H2,1-2H3. The number of nitrogens with zero attached hydrogens (tertiary/aromatic N) is 1. The molecule has 0 saturated heterocycles. The third kappa shape index (κ3) is 2.40. The van der Waals surface area contributed by atoms with Crippen molar-refractivity contribution >= 4 is 0 Å². The molecule has 0 radical (unpaired) electrons. The highest BCUT2D eigenvalue weighted by Crippen LogP contribution is 2.38. The van der Waals surface area contributed by atoms with Crippen molar-refractivity contribution in [1.82, 2.24) is 0 Å². The first-order valence-electron chi connectivity index (χ1n) is 6.78. The van der Waals surface area contributed by atoms with E-state index in [1.165, 1.54) is 0 Å². The second-order valence-electron chi connectivity index (χ2n) is 4.79. The molecule has 22 heavy (non-hydrogen) atoms. The maximum atomic E-state index is 9.58. The van der Waals surface area contributed by atoms with E-state index in [9.17, 15) is 5.26 Å². The van der Waals surface area contributed by atoms with Gasteiger partial charge in [0.25, 0.3) is 0 Å². The Hall–Kier alpha value is -2.87. The summed E-state index contributed by atoms with van der Waals surface area (Å²) in [5, 5.41) is 9.58. The molecule has 3 rings (SSSR count). The lowest BCUT2D eigenvalue weighted by Gasteiger charge is -2.14. The predicted molar refractivity (Wildman–Crippen MR) is 79.6 cm³/mol. The van der Waals surface area contributed by atoms with Gasteiger partial charge in [0, 0.05) is 0 Å². The van der Waals surface area contributed by atoms with Crippen LogP contribution in [0.3, 0.4) is 0 Å². The van der Waals surface area contributed by atoms with Crippen LogP contribution in [0.15, 0.2) is 36.4 Å². The molecule has 0 fully saturated rings. The molecule has 1 aliphatic heterocycles. The molecule has 0 N–H and O–H groups in total. The van der Waals surface area contributed by atoms with Gasteiger partial charge in [-0.3, -0.25) is 0 Å². The second kappa shape index (κ2) is 5.86. The van der Waals surface area contributed by atoms with Crippen molar-refractivity contribution in [3.8, 4) is 29.1 Å². The lowest BCUT2D eigenvalue weighted by Crippen LogP contribution is -2.00. The Kier molecular flexibility index (Phi) is 3.75. The van der Waals surface area contributed by atoms with Crippen molar-refractivity contribution in [2.45, 2.75) is 5.92 Å². The van der Waals surface area contributed by atoms with E-state index in [2.05, 4.69) is 6.07 Å². The van der Waals surface area contributed by atoms with E-state index >= 15 is 0 Å². The molecule has 0 aliphatic carbocycles. The molecule has 1 atom stereocenters. The van der Waals surface area contributed by atoms with E-state index in [0.717, 1.165) is 11.1 Å². The second-order valence-corrected chi connectivity index (χ2v) is 4.79. The van der Waals surface area contributed by atoms with E-state index in [1.54, 1.807) is 20.3 Å². The minimum atomic E-state index is -0.422. The largest absolute Gasteiger partial charge is 0.493 e. The number of methoxy groups -OCH3 is 2. The van der Waals surface area contributed by atoms with Crippen LogP contribution in [0.25, 0.3) is 0 Å². The molecule has 0 spiro atoms. The van der Waals surface area contributed by atoms with Crippen molar-refractivity contribution < 1.29 is 18.9 Å². The van der Waals surface area contributed by atoms with Gasteiger partial charge in [-0.15, -0.1) is 0 Å². The first kappa shape index (κ1) is 14.1. The van der Waals surface area contributed by atoms with E-state index in [-0.39, 0.29) is 6.79 Å². The zero-order valence-corrected chi connectivity index (χ0v) is 12.3. The molecule has 1 unspecified atom stereocenters. The van der Waals surface area contributed by atoms with Crippen molar-refractivity contribution in [3.05, 3.63) is 47.5 Å². The zero-order valence-electron chi connectivity index (χ0n) is 12.3. The molecule has 5 nitrogen and oxygen atoms in total. The monoisotopic (exact) mass is 297 g/mol. The third-order valence-corrected chi connectivity index (χ3v) is 3.60. The smallest absolute Gasteiger partial charge is 0.231 e. The van der Waals surface area contributed by atoms with Crippen molar-refractivity contribution in [2.75, 3.05) is 21.0 Å². The highest BCUT2D eigenvalue weighted by Gasteiger charge is 2.20. The topological polar surface area (TPSA) is 60.7 Å². The normalized spacial score (nSPS) is 13.3. The number of rotatable bonds is 4. The highest BCUT2D eigenvalue weighted by atomic mass is 16.7. The van der Waals surface area contributed by atoms with Crippen molar-refractivity contribution in [1.29, 1.82) is 5.26 Å². The van der Waals surface area contributed by atoms with Crippen LogP contribution < -0.4 is 18.9 Å². The quantitative estimate of drug-likeness (QED) is 0.868. The molecule has 0 amide bonds. The Morgan fingerprint density at radius 1 is 0.955 bits per heavy atom. The minimum Gasteiger partial charge on any atom is -0.493 e. The first-order chi connectivity index (χ1) is 10.8. The Labute approximate surface area is 128 Å². The number of ether oxygens (including phenoxy) is 4. The summed E-state index contributed by atoms with van der Waals surface area (Å²) in [5.74, 6) is 2.18. The van der Waals surface area contributed by atoms with Gasteiger partial charge >= 0.3 is 0 Å². The van der Waals surface area contributed by atoms with Gasteiger partial charge in [-0.1, -0.05) is 12.1 Å². The average Bonchev–Trinajstić information content (AvgIpc) is 3.03. The van der Waals surface area contributed by atoms with Gasteiger partial charge in [0.1, 0.15) is 0 Å². The van der Waals surface area contributed by atoms with Crippen LogP contribution in [0.2, 0.25) is 0 Å². The van der Waals surface area contributed by atoms with Crippen molar-refractivity contribution in [3.63, 3.8) is 0 Å². The first-order valence-corrected chi connectivity index (χ1v) is 6.78. The molecule has 0 aromatic heterocycles. The summed E-state index contributed by atoms with van der Waals surface area (Å²) in [7, 11) is 3.15. The summed E-state index contributed by atoms with van der Waals surface area (Å²) in [4.78, 5) is 0. The van der Waals surface area contributed by atoms with Crippen LogP contribution in [0.4, 0.5) is 0 Å². The average molecular weight is 297 g/mol. The van der Waals surface area contributed by atoms with Crippen LogP contribution in [0, 0.1) is 11.3 Å². The molecule has 0 saturated carbocycles. The molecule has 2 aromatic carbocycles. The summed E-state index contributed by atoms with van der Waals surface area (Å²) in [6, 6.07) is 13.3. The van der Waals surface area contributed by atoms with Crippen LogP contribution in [0.1, 0.15) is 17.0 Å². The van der Waals surface area contributed by atoms with Gasteiger partial charge in [-0.2, -0.15) is 5.26 Å². The Morgan fingerprint density at radius 2 is 1.64 bits per heavy atom. The molecule has 1 aliphatic rings. The molecule has 0 bridgehead atoms. The van der Waals surface area contributed by atoms with E-state index in [4.69, 9.17) is 18.9 Å². The molecule has 112 valence electrons. The zero-order chi connectivity index (χ0) is 15.5. The number of benzene rings is 2. The van der Waals surface area contributed by atoms with Gasteiger partial charge < -0.3 is 18.9 Å². The van der Waals surface area contributed by atoms with Crippen molar-refractivity contribution in [2.24, 2.45) is 0 Å². The maximum Gasteiger partial charge on any atom is 0.231 e. The van der Waals surface area contributed by atoms with Gasteiger partial charge in [0.15, 0.2) is 23.0 Å². The molecule has 5 heteroatoms. The van der Waals surface area contributed by atoms with Crippen LogP contribution in [0.5, 0.6) is 23.0 Å². The molecular formula is C17H15NO4. The van der Waals surface area contributed by atoms with Gasteiger partial charge in [-0.05, 0) is 35.4 Å². The van der Waals surface area contributed by atoms with E-state index in [1.807, 2.05) is 30.3 Å². The Morgan fingerprint density at radius 3 is 2.36 bits per heavy atom. The van der Waals surface area contributed by atoms with E-state index < -0.39 is 5.92 Å². The molecular weight excluding hydrogens is 282 g/mol. The van der Waals surface area contributed by atoms with Crippen LogP contribution >= 0.6 is 0 Å². The predicted octanol–water partition coefficient (Wildman–Crippen LogP) is 3.09. The molecule has 2 aromatic rings. The SMILES string of the molecule is COc1ccc(C(C#N)c2ccc3c(c2)OCO3)cc1OC. The van der Waals surface area contributed by atoms with Crippen LogP contribution in [-0.2, 0) is 0 Å². The lowest BCUT2D eigenvalue weighted by atomic mass is 9.92. The summed E-state index contributed by atoms with van der Waals surface area (Å²) < 4.78 is 21.2. The van der Waals surface area contributed by atoms with Gasteiger partial charge in [-0.25, -0.2) is 0 Å². The highest BCUT2D eigenvalue weighted by molar-refractivity contribution is 5.52. The summed E-state index contributed by atoms with van der Waals surface area (Å²) in [5.41, 5.74) is 1.68. The number of fused-ring (bicyclic) bond motifs is 1. The van der Waals surface area contributed by atoms with Crippen LogP contribution in [-0.4, -0.2) is 21.0 Å². The summed E-state index contributed by atoms with van der Waals surface area (Å²) in [6.07, 6.45) is 0. The summed E-state index contributed by atoms with van der Waals surface area (Å²) >= 11 is 0. The fraction of sp³-hybridized carbons (Fsp3) is 0.235. The fourth-order valence-corrected chi connectivity index (χ4v) is 2.47. The fourth-order valence-electron chi connectivity index (χ4n) is 2.47. The third-order valence-electron chi connectivity index (χ3n) is 3.60. The number of nitriles is 1.